The molecule has 1 fully saturated rings. The van der Waals surface area contributed by atoms with Gasteiger partial charge in [-0.05, 0) is 19.1 Å². The summed E-state index contributed by atoms with van der Waals surface area (Å²) < 4.78 is 10.7. The second kappa shape index (κ2) is 6.37. The van der Waals surface area contributed by atoms with Gasteiger partial charge in [0, 0.05) is 38.2 Å². The van der Waals surface area contributed by atoms with Gasteiger partial charge < -0.3 is 19.4 Å². The molecule has 0 aromatic carbocycles. The molecule has 122 valence electrons. The van der Waals surface area contributed by atoms with Gasteiger partial charge in [-0.3, -0.25) is 4.79 Å². The third-order valence-electron chi connectivity index (χ3n) is 4.12. The van der Waals surface area contributed by atoms with Crippen LogP contribution in [0.3, 0.4) is 0 Å². The fourth-order valence-corrected chi connectivity index (χ4v) is 2.92. The number of imidazole rings is 1. The number of methoxy groups -OCH3 is 2. The zero-order chi connectivity index (χ0) is 16.4. The summed E-state index contributed by atoms with van der Waals surface area (Å²) in [7, 11) is 3.18. The molecule has 0 saturated carbocycles. The maximum atomic E-state index is 13.0. The number of hydrogen-bond donors (Lipinski definition) is 1. The number of ether oxygens (including phenoxy) is 2. The molecule has 0 radical (unpaired) electrons. The number of amides is 1. The monoisotopic (exact) mass is 316 g/mol. The van der Waals surface area contributed by atoms with E-state index >= 15 is 0 Å². The number of nitrogens with one attached hydrogen (secondary N) is 1. The molecule has 1 aliphatic rings. The number of pyridine rings is 1. The Balaban J connectivity index is 1.93. The van der Waals surface area contributed by atoms with Crippen molar-refractivity contribution in [2.75, 3.05) is 20.8 Å². The van der Waals surface area contributed by atoms with Gasteiger partial charge in [-0.15, -0.1) is 0 Å². The number of aryl methyl sites for hydroxylation is 1. The van der Waals surface area contributed by atoms with Gasteiger partial charge in [0.2, 0.25) is 5.88 Å². The first-order valence-electron chi connectivity index (χ1n) is 7.48. The molecular weight excluding hydrogens is 296 g/mol. The second-order valence-electron chi connectivity index (χ2n) is 5.55. The summed E-state index contributed by atoms with van der Waals surface area (Å²) in [4.78, 5) is 26.5. The summed E-state index contributed by atoms with van der Waals surface area (Å²) >= 11 is 0. The van der Waals surface area contributed by atoms with E-state index in [2.05, 4.69) is 15.0 Å². The molecule has 1 saturated heterocycles. The SMILES string of the molecule is COc1nc(C)ccc1C(=O)N1C[C@H](OC)CC1c1ncc[nH]1. The quantitative estimate of drug-likeness (QED) is 0.929. The molecule has 7 heteroatoms. The van der Waals surface area contributed by atoms with Crippen LogP contribution in [0.4, 0.5) is 0 Å². The Kier molecular flexibility index (Phi) is 4.29. The minimum absolute atomic E-state index is 0.0153. The van der Waals surface area contributed by atoms with Crippen LogP contribution in [0.25, 0.3) is 0 Å². The Morgan fingerprint density at radius 1 is 1.39 bits per heavy atom. The van der Waals surface area contributed by atoms with Crippen LogP contribution in [0.2, 0.25) is 0 Å². The van der Waals surface area contributed by atoms with Crippen LogP contribution >= 0.6 is 0 Å². The molecule has 1 N–H and O–H groups in total. The molecule has 3 heterocycles. The topological polar surface area (TPSA) is 80.3 Å². The molecule has 1 aliphatic heterocycles. The minimum atomic E-state index is -0.145. The Bertz CT molecular complexity index is 687. The van der Waals surface area contributed by atoms with Crippen LogP contribution in [0.5, 0.6) is 5.88 Å². The number of H-pyrrole nitrogens is 1. The Morgan fingerprint density at radius 3 is 2.87 bits per heavy atom. The van der Waals surface area contributed by atoms with E-state index in [4.69, 9.17) is 9.47 Å². The third-order valence-corrected chi connectivity index (χ3v) is 4.12. The van der Waals surface area contributed by atoms with Crippen molar-refractivity contribution in [1.82, 2.24) is 19.9 Å². The summed E-state index contributed by atoms with van der Waals surface area (Å²) in [5, 5.41) is 0. The summed E-state index contributed by atoms with van der Waals surface area (Å²) in [6.07, 6.45) is 4.13. The lowest BCUT2D eigenvalue weighted by Crippen LogP contribution is -2.32. The van der Waals surface area contributed by atoms with E-state index in [0.717, 1.165) is 11.5 Å². The van der Waals surface area contributed by atoms with Crippen LogP contribution < -0.4 is 4.74 Å². The standard InChI is InChI=1S/C16H20N4O3/c1-10-4-5-12(15(19-10)23-3)16(21)20-9-11(22-2)8-13(20)14-17-6-7-18-14/h4-7,11,13H,8-9H2,1-3H3,(H,17,18)/t11-,13?/m1/s1. The number of rotatable bonds is 4. The molecule has 0 bridgehead atoms. The fraction of sp³-hybridized carbons (Fsp3) is 0.438. The maximum absolute atomic E-state index is 13.0. The molecule has 3 rings (SSSR count). The van der Waals surface area contributed by atoms with E-state index in [9.17, 15) is 4.79 Å². The molecule has 23 heavy (non-hydrogen) atoms. The average Bonchev–Trinajstić information content (AvgIpc) is 3.22. The average molecular weight is 316 g/mol. The van der Waals surface area contributed by atoms with Gasteiger partial charge in [-0.25, -0.2) is 9.97 Å². The van der Waals surface area contributed by atoms with Crippen molar-refractivity contribution in [3.05, 3.63) is 41.6 Å². The number of likely N-dealkylation sites (tertiary alicyclic amines) is 1. The fourth-order valence-electron chi connectivity index (χ4n) is 2.92. The smallest absolute Gasteiger partial charge is 0.260 e. The lowest BCUT2D eigenvalue weighted by molar-refractivity contribution is 0.0680. The summed E-state index contributed by atoms with van der Waals surface area (Å²) in [6.45, 7) is 2.37. The summed E-state index contributed by atoms with van der Waals surface area (Å²) in [5.41, 5.74) is 1.25. The molecule has 1 amide bonds. The number of hydrogen-bond acceptors (Lipinski definition) is 5. The third kappa shape index (κ3) is 2.92. The zero-order valence-corrected chi connectivity index (χ0v) is 13.4. The highest BCUT2D eigenvalue weighted by molar-refractivity contribution is 5.96. The van der Waals surface area contributed by atoms with Gasteiger partial charge in [0.15, 0.2) is 0 Å². The van der Waals surface area contributed by atoms with Gasteiger partial charge in [0.1, 0.15) is 11.4 Å². The van der Waals surface area contributed by atoms with Crippen molar-refractivity contribution >= 4 is 5.91 Å². The highest BCUT2D eigenvalue weighted by atomic mass is 16.5. The highest BCUT2D eigenvalue weighted by Crippen LogP contribution is 2.33. The van der Waals surface area contributed by atoms with Crippen LogP contribution in [-0.4, -0.2) is 52.6 Å². The summed E-state index contributed by atoms with van der Waals surface area (Å²) in [5.74, 6) is 0.973. The van der Waals surface area contributed by atoms with E-state index in [0.29, 0.717) is 24.4 Å². The van der Waals surface area contributed by atoms with Crippen molar-refractivity contribution < 1.29 is 14.3 Å². The Labute approximate surface area is 134 Å². The van der Waals surface area contributed by atoms with Crippen LogP contribution in [0, 0.1) is 6.92 Å². The Morgan fingerprint density at radius 2 is 2.22 bits per heavy atom. The van der Waals surface area contributed by atoms with E-state index in [-0.39, 0.29) is 18.1 Å². The molecule has 7 nitrogen and oxygen atoms in total. The van der Waals surface area contributed by atoms with Crippen molar-refractivity contribution in [1.29, 1.82) is 0 Å². The Hall–Kier alpha value is -2.41. The normalized spacial score (nSPS) is 20.7. The molecule has 2 aromatic rings. The first-order valence-corrected chi connectivity index (χ1v) is 7.48. The van der Waals surface area contributed by atoms with Crippen molar-refractivity contribution in [3.8, 4) is 5.88 Å². The highest BCUT2D eigenvalue weighted by Gasteiger charge is 2.39. The van der Waals surface area contributed by atoms with Crippen LogP contribution in [0.1, 0.15) is 34.3 Å². The summed E-state index contributed by atoms with van der Waals surface area (Å²) in [6, 6.07) is 3.41. The number of nitrogens with zero attached hydrogens (tertiary/aromatic N) is 3. The molecule has 0 aliphatic carbocycles. The van der Waals surface area contributed by atoms with Gasteiger partial charge >= 0.3 is 0 Å². The number of carbonyl (C=O) groups excluding carboxylic acids is 1. The molecule has 2 atom stereocenters. The molecular formula is C16H20N4O3. The van der Waals surface area contributed by atoms with Crippen molar-refractivity contribution in [2.45, 2.75) is 25.5 Å². The van der Waals surface area contributed by atoms with Crippen molar-refractivity contribution in [2.24, 2.45) is 0 Å². The van der Waals surface area contributed by atoms with Gasteiger partial charge in [-0.2, -0.15) is 0 Å². The molecule has 2 aromatic heterocycles. The second-order valence-corrected chi connectivity index (χ2v) is 5.55. The number of aromatic amines is 1. The van der Waals surface area contributed by atoms with E-state index < -0.39 is 0 Å². The first kappa shape index (κ1) is 15.5. The van der Waals surface area contributed by atoms with Crippen LogP contribution in [0.15, 0.2) is 24.5 Å². The van der Waals surface area contributed by atoms with Crippen molar-refractivity contribution in [3.63, 3.8) is 0 Å². The van der Waals surface area contributed by atoms with Gasteiger partial charge in [-0.1, -0.05) is 0 Å². The van der Waals surface area contributed by atoms with E-state index in [1.54, 1.807) is 30.5 Å². The molecule has 1 unspecified atom stereocenters. The van der Waals surface area contributed by atoms with E-state index in [1.807, 2.05) is 13.0 Å². The molecule has 0 spiro atoms. The number of carbonyl (C=O) groups is 1. The zero-order valence-electron chi connectivity index (χ0n) is 13.4. The first-order chi connectivity index (χ1) is 11.1. The predicted octanol–water partition coefficient (Wildman–Crippen LogP) is 1.72. The lowest BCUT2D eigenvalue weighted by atomic mass is 10.1. The predicted molar refractivity (Wildman–Crippen MR) is 83.3 cm³/mol. The van der Waals surface area contributed by atoms with E-state index in [1.165, 1.54) is 7.11 Å². The lowest BCUT2D eigenvalue weighted by Gasteiger charge is -2.23. The van der Waals surface area contributed by atoms with Crippen LogP contribution in [-0.2, 0) is 4.74 Å². The minimum Gasteiger partial charge on any atom is -0.480 e. The van der Waals surface area contributed by atoms with Gasteiger partial charge in [0.25, 0.3) is 5.91 Å². The largest absolute Gasteiger partial charge is 0.480 e. The van der Waals surface area contributed by atoms with Gasteiger partial charge in [0.05, 0.1) is 19.3 Å². The maximum Gasteiger partial charge on any atom is 0.260 e. The number of aromatic nitrogens is 3.